The molecule has 0 atom stereocenters. The molecule has 26 heavy (non-hydrogen) atoms. The molecule has 5 nitrogen and oxygen atoms in total. The molecule has 0 aliphatic carbocycles. The SMILES string of the molecule is CSc1cccc(Nc2ncccc2S(=O)(=O)Nc2ccc(C)cc2)c1. The van der Waals surface area contributed by atoms with Crippen LogP contribution < -0.4 is 10.0 Å². The smallest absolute Gasteiger partial charge is 0.265 e. The summed E-state index contributed by atoms with van der Waals surface area (Å²) in [4.78, 5) is 5.38. The minimum Gasteiger partial charge on any atom is -0.339 e. The van der Waals surface area contributed by atoms with Crippen molar-refractivity contribution in [3.05, 3.63) is 72.4 Å². The number of sulfonamides is 1. The third-order valence-corrected chi connectivity index (χ3v) is 5.83. The first-order valence-corrected chi connectivity index (χ1v) is 10.6. The van der Waals surface area contributed by atoms with Crippen molar-refractivity contribution < 1.29 is 8.42 Å². The van der Waals surface area contributed by atoms with E-state index < -0.39 is 10.0 Å². The minimum absolute atomic E-state index is 0.0927. The molecule has 0 fully saturated rings. The van der Waals surface area contributed by atoms with Gasteiger partial charge in [-0.25, -0.2) is 13.4 Å². The second kappa shape index (κ2) is 7.80. The summed E-state index contributed by atoms with van der Waals surface area (Å²) in [5.74, 6) is 0.283. The maximum Gasteiger partial charge on any atom is 0.265 e. The van der Waals surface area contributed by atoms with Gasteiger partial charge in [0.05, 0.1) is 0 Å². The van der Waals surface area contributed by atoms with Gasteiger partial charge in [0.2, 0.25) is 0 Å². The van der Waals surface area contributed by atoms with Gasteiger partial charge in [0, 0.05) is 22.5 Å². The predicted molar refractivity (Wildman–Crippen MR) is 108 cm³/mol. The summed E-state index contributed by atoms with van der Waals surface area (Å²) in [5, 5.41) is 3.10. The molecule has 1 heterocycles. The fourth-order valence-electron chi connectivity index (χ4n) is 2.37. The predicted octanol–water partition coefficient (Wildman–Crippen LogP) is 4.66. The van der Waals surface area contributed by atoms with E-state index in [-0.39, 0.29) is 10.7 Å². The summed E-state index contributed by atoms with van der Waals surface area (Å²) in [5.41, 5.74) is 2.35. The summed E-state index contributed by atoms with van der Waals surface area (Å²) < 4.78 is 28.2. The number of nitrogens with zero attached hydrogens (tertiary/aromatic N) is 1. The van der Waals surface area contributed by atoms with Crippen molar-refractivity contribution in [3.63, 3.8) is 0 Å². The summed E-state index contributed by atoms with van der Waals surface area (Å²) in [6.45, 7) is 1.95. The summed E-state index contributed by atoms with van der Waals surface area (Å²) in [7, 11) is -3.77. The lowest BCUT2D eigenvalue weighted by molar-refractivity contribution is 0.601. The van der Waals surface area contributed by atoms with E-state index in [1.807, 2.05) is 49.6 Å². The fourth-order valence-corrected chi connectivity index (χ4v) is 4.00. The Morgan fingerprint density at radius 3 is 2.46 bits per heavy atom. The molecule has 0 radical (unpaired) electrons. The van der Waals surface area contributed by atoms with Gasteiger partial charge in [0.15, 0.2) is 5.82 Å². The van der Waals surface area contributed by atoms with Gasteiger partial charge in [-0.3, -0.25) is 4.72 Å². The van der Waals surface area contributed by atoms with Crippen LogP contribution in [-0.4, -0.2) is 19.7 Å². The van der Waals surface area contributed by atoms with Crippen molar-refractivity contribution in [1.29, 1.82) is 0 Å². The van der Waals surface area contributed by atoms with Crippen molar-refractivity contribution in [2.24, 2.45) is 0 Å². The van der Waals surface area contributed by atoms with Crippen LogP contribution in [0.2, 0.25) is 0 Å². The van der Waals surface area contributed by atoms with Gasteiger partial charge in [0.1, 0.15) is 4.90 Å². The van der Waals surface area contributed by atoms with E-state index in [1.54, 1.807) is 36.2 Å². The highest BCUT2D eigenvalue weighted by Gasteiger charge is 2.19. The molecule has 0 aliphatic heterocycles. The van der Waals surface area contributed by atoms with E-state index in [4.69, 9.17) is 0 Å². The van der Waals surface area contributed by atoms with E-state index in [9.17, 15) is 8.42 Å². The quantitative estimate of drug-likeness (QED) is 0.604. The van der Waals surface area contributed by atoms with Crippen LogP contribution in [0.1, 0.15) is 5.56 Å². The second-order valence-electron chi connectivity index (χ2n) is 5.68. The molecule has 134 valence electrons. The van der Waals surface area contributed by atoms with Gasteiger partial charge in [-0.05, 0) is 55.6 Å². The number of rotatable bonds is 6. The van der Waals surface area contributed by atoms with E-state index in [2.05, 4.69) is 15.0 Å². The molecular formula is C19H19N3O2S2. The summed E-state index contributed by atoms with van der Waals surface area (Å²) >= 11 is 1.62. The van der Waals surface area contributed by atoms with Gasteiger partial charge >= 0.3 is 0 Å². The zero-order valence-corrected chi connectivity index (χ0v) is 16.1. The number of benzene rings is 2. The standard InChI is InChI=1S/C19H19N3O2S2/c1-14-8-10-15(11-9-14)22-26(23,24)18-7-4-12-20-19(18)21-16-5-3-6-17(13-16)25-2/h3-13,22H,1-2H3,(H,20,21). The number of pyridine rings is 1. The van der Waals surface area contributed by atoms with Gasteiger partial charge < -0.3 is 5.32 Å². The number of anilines is 3. The van der Waals surface area contributed by atoms with Crippen LogP contribution in [0, 0.1) is 6.92 Å². The monoisotopic (exact) mass is 385 g/mol. The molecule has 7 heteroatoms. The normalized spacial score (nSPS) is 11.2. The van der Waals surface area contributed by atoms with E-state index >= 15 is 0 Å². The van der Waals surface area contributed by atoms with Gasteiger partial charge in [-0.2, -0.15) is 0 Å². The highest BCUT2D eigenvalue weighted by atomic mass is 32.2. The van der Waals surface area contributed by atoms with E-state index in [0.29, 0.717) is 5.69 Å². The highest BCUT2D eigenvalue weighted by Crippen LogP contribution is 2.26. The van der Waals surface area contributed by atoms with Crippen LogP contribution in [0.15, 0.2) is 76.7 Å². The van der Waals surface area contributed by atoms with E-state index in [1.165, 1.54) is 6.07 Å². The first kappa shape index (κ1) is 18.3. The molecule has 0 amide bonds. The number of hydrogen-bond donors (Lipinski definition) is 2. The fraction of sp³-hybridized carbons (Fsp3) is 0.105. The third kappa shape index (κ3) is 4.36. The van der Waals surface area contributed by atoms with Crippen LogP contribution in [0.4, 0.5) is 17.2 Å². The molecule has 0 saturated carbocycles. The third-order valence-electron chi connectivity index (χ3n) is 3.70. The zero-order valence-electron chi connectivity index (χ0n) is 14.4. The number of aromatic nitrogens is 1. The average molecular weight is 386 g/mol. The van der Waals surface area contributed by atoms with Gasteiger partial charge in [-0.15, -0.1) is 11.8 Å². The molecule has 2 N–H and O–H groups in total. The lowest BCUT2D eigenvalue weighted by Gasteiger charge is -2.13. The van der Waals surface area contributed by atoms with Crippen LogP contribution in [0.25, 0.3) is 0 Å². The van der Waals surface area contributed by atoms with Crippen molar-refractivity contribution >= 4 is 39.0 Å². The molecule has 0 aliphatic rings. The Bertz CT molecular complexity index is 1000. The lowest BCUT2D eigenvalue weighted by Crippen LogP contribution is -2.15. The topological polar surface area (TPSA) is 71.1 Å². The Labute approximate surface area is 157 Å². The highest BCUT2D eigenvalue weighted by molar-refractivity contribution is 7.98. The number of hydrogen-bond acceptors (Lipinski definition) is 5. The Balaban J connectivity index is 1.91. The zero-order chi connectivity index (χ0) is 18.6. The van der Waals surface area contributed by atoms with Crippen LogP contribution in [-0.2, 0) is 10.0 Å². The number of nitrogens with one attached hydrogen (secondary N) is 2. The molecule has 0 saturated heterocycles. The van der Waals surface area contributed by atoms with Crippen LogP contribution in [0.3, 0.4) is 0 Å². The average Bonchev–Trinajstić information content (AvgIpc) is 2.64. The van der Waals surface area contributed by atoms with Crippen LogP contribution >= 0.6 is 11.8 Å². The Morgan fingerprint density at radius 2 is 1.73 bits per heavy atom. The number of aryl methyl sites for hydroxylation is 1. The van der Waals surface area contributed by atoms with Crippen molar-refractivity contribution in [2.45, 2.75) is 16.7 Å². The molecule has 3 rings (SSSR count). The molecule has 0 bridgehead atoms. The first-order chi connectivity index (χ1) is 12.5. The van der Waals surface area contributed by atoms with Crippen LogP contribution in [0.5, 0.6) is 0 Å². The molecule has 3 aromatic rings. The maximum absolute atomic E-state index is 12.8. The molecule has 1 aromatic heterocycles. The molecular weight excluding hydrogens is 366 g/mol. The van der Waals surface area contributed by atoms with Gasteiger partial charge in [-0.1, -0.05) is 23.8 Å². The largest absolute Gasteiger partial charge is 0.339 e. The Morgan fingerprint density at radius 1 is 0.962 bits per heavy atom. The maximum atomic E-state index is 12.8. The number of thioether (sulfide) groups is 1. The van der Waals surface area contributed by atoms with Crippen molar-refractivity contribution in [1.82, 2.24) is 4.98 Å². The second-order valence-corrected chi connectivity index (χ2v) is 8.21. The summed E-state index contributed by atoms with van der Waals surface area (Å²) in [6.07, 6.45) is 3.55. The lowest BCUT2D eigenvalue weighted by atomic mass is 10.2. The minimum atomic E-state index is -3.77. The molecule has 0 spiro atoms. The van der Waals surface area contributed by atoms with Crippen molar-refractivity contribution in [2.75, 3.05) is 16.3 Å². The molecule has 0 unspecified atom stereocenters. The van der Waals surface area contributed by atoms with Crippen molar-refractivity contribution in [3.8, 4) is 0 Å². The molecule has 2 aromatic carbocycles. The van der Waals surface area contributed by atoms with Gasteiger partial charge in [0.25, 0.3) is 10.0 Å². The Kier molecular flexibility index (Phi) is 5.49. The van der Waals surface area contributed by atoms with E-state index in [0.717, 1.165) is 16.1 Å². The summed E-state index contributed by atoms with van der Waals surface area (Å²) in [6, 6.07) is 18.0. The first-order valence-electron chi connectivity index (χ1n) is 7.93. The Hall–Kier alpha value is -2.51.